The lowest BCUT2D eigenvalue weighted by Gasteiger charge is -2.28. The summed E-state index contributed by atoms with van der Waals surface area (Å²) < 4.78 is 40.0. The number of hydrogen-bond acceptors (Lipinski definition) is 11. The van der Waals surface area contributed by atoms with Gasteiger partial charge in [0.05, 0.1) is 11.7 Å². The Kier molecular flexibility index (Phi) is 8.04. The molecule has 3 heterocycles. The quantitative estimate of drug-likeness (QED) is 0.378. The Labute approximate surface area is 209 Å². The zero-order valence-corrected chi connectivity index (χ0v) is 21.7. The van der Waals surface area contributed by atoms with Gasteiger partial charge in [-0.05, 0) is 33.6 Å². The van der Waals surface area contributed by atoms with Crippen LogP contribution in [0.2, 0.25) is 0 Å². The van der Waals surface area contributed by atoms with Crippen molar-refractivity contribution in [2.75, 3.05) is 31.5 Å². The Hall–Kier alpha value is -3.06. The number of imidazole rings is 1. The molecule has 1 saturated heterocycles. The fourth-order valence-electron chi connectivity index (χ4n) is 3.83. The number of hydrogen-bond donors (Lipinski definition) is 2. The second kappa shape index (κ2) is 10.5. The molecule has 1 aliphatic rings. The summed E-state index contributed by atoms with van der Waals surface area (Å²) >= 11 is 0. The molecule has 2 aromatic rings. The second-order valence-corrected chi connectivity index (χ2v) is 10.4. The SMILES string of the molecule is CNc1nc(N)nc2c1ncn2[C@@H]1O[C@H](COC(=O)CC(C)C)[C@@H](OCOC(=O)C(C)(C)C)[C@@]1(C)F. The highest BCUT2D eigenvalue weighted by Gasteiger charge is 2.57. The number of fused-ring (bicyclic) bond motifs is 1. The molecule has 12 nitrogen and oxygen atoms in total. The molecule has 1 aliphatic heterocycles. The van der Waals surface area contributed by atoms with Crippen LogP contribution in [-0.4, -0.2) is 69.8 Å². The second-order valence-electron chi connectivity index (χ2n) is 10.4. The minimum atomic E-state index is -2.17. The van der Waals surface area contributed by atoms with Crippen molar-refractivity contribution in [2.24, 2.45) is 11.3 Å². The Morgan fingerprint density at radius 3 is 2.61 bits per heavy atom. The summed E-state index contributed by atoms with van der Waals surface area (Å²) in [7, 11) is 1.65. The summed E-state index contributed by atoms with van der Waals surface area (Å²) in [5, 5.41) is 2.88. The van der Waals surface area contributed by atoms with Crippen molar-refractivity contribution in [3.63, 3.8) is 0 Å². The van der Waals surface area contributed by atoms with E-state index < -0.39 is 48.3 Å². The summed E-state index contributed by atoms with van der Waals surface area (Å²) in [5.74, 6) is -0.522. The van der Waals surface area contributed by atoms with E-state index in [1.54, 1.807) is 27.8 Å². The number of nitrogens with one attached hydrogen (secondary N) is 1. The molecule has 0 saturated carbocycles. The van der Waals surface area contributed by atoms with Gasteiger partial charge in [0, 0.05) is 13.5 Å². The first kappa shape index (κ1) is 27.5. The first-order valence-corrected chi connectivity index (χ1v) is 11.7. The number of carbonyl (C=O) groups excluding carboxylic acids is 2. The number of esters is 2. The van der Waals surface area contributed by atoms with Gasteiger partial charge in [-0.1, -0.05) is 13.8 Å². The van der Waals surface area contributed by atoms with E-state index in [9.17, 15) is 9.59 Å². The maximum atomic E-state index is 16.4. The number of rotatable bonds is 9. The molecule has 0 radical (unpaired) electrons. The lowest BCUT2D eigenvalue weighted by atomic mass is 9.97. The van der Waals surface area contributed by atoms with Gasteiger partial charge in [0.15, 0.2) is 35.7 Å². The smallest absolute Gasteiger partial charge is 0.313 e. The predicted octanol–water partition coefficient (Wildman–Crippen LogP) is 2.60. The van der Waals surface area contributed by atoms with Crippen molar-refractivity contribution in [1.29, 1.82) is 0 Å². The molecule has 13 heteroatoms. The molecule has 3 N–H and O–H groups in total. The Morgan fingerprint density at radius 2 is 2.00 bits per heavy atom. The van der Waals surface area contributed by atoms with Crippen molar-refractivity contribution in [3.8, 4) is 0 Å². The van der Waals surface area contributed by atoms with Gasteiger partial charge in [-0.15, -0.1) is 0 Å². The first-order valence-electron chi connectivity index (χ1n) is 11.7. The van der Waals surface area contributed by atoms with Crippen LogP contribution >= 0.6 is 0 Å². The van der Waals surface area contributed by atoms with E-state index in [4.69, 9.17) is 24.7 Å². The molecule has 1 fully saturated rings. The highest BCUT2D eigenvalue weighted by molar-refractivity contribution is 5.84. The van der Waals surface area contributed by atoms with Crippen LogP contribution < -0.4 is 11.1 Å². The highest BCUT2D eigenvalue weighted by atomic mass is 19.1. The summed E-state index contributed by atoms with van der Waals surface area (Å²) in [6.45, 7) is 9.37. The Morgan fingerprint density at radius 1 is 1.31 bits per heavy atom. The van der Waals surface area contributed by atoms with E-state index >= 15 is 4.39 Å². The van der Waals surface area contributed by atoms with E-state index in [2.05, 4.69) is 20.3 Å². The summed E-state index contributed by atoms with van der Waals surface area (Å²) in [4.78, 5) is 36.9. The van der Waals surface area contributed by atoms with Gasteiger partial charge in [-0.25, -0.2) is 9.37 Å². The number of halogens is 1. The molecule has 2 aromatic heterocycles. The topological polar surface area (TPSA) is 153 Å². The number of aromatic nitrogens is 4. The van der Waals surface area contributed by atoms with Crippen LogP contribution in [0.5, 0.6) is 0 Å². The van der Waals surface area contributed by atoms with E-state index in [0.717, 1.165) is 0 Å². The van der Waals surface area contributed by atoms with Crippen LogP contribution in [0.4, 0.5) is 16.2 Å². The van der Waals surface area contributed by atoms with Crippen molar-refractivity contribution in [1.82, 2.24) is 19.5 Å². The minimum absolute atomic E-state index is 0.0341. The standard InChI is InChI=1S/C23H35FN6O6/c1-12(2)8-14(31)33-9-13-16(34-11-35-20(32)22(3,4)5)23(6,24)19(36-13)30-10-27-15-17(26-7)28-21(25)29-18(15)30/h10,12-13,16,19H,8-9,11H2,1-7H3,(H3,25,26,28,29)/t13-,16-,19-,23-/m1/s1. The molecule has 4 atom stereocenters. The van der Waals surface area contributed by atoms with E-state index in [1.807, 2.05) is 13.8 Å². The summed E-state index contributed by atoms with van der Waals surface area (Å²) in [6.07, 6.45) is -1.95. The van der Waals surface area contributed by atoms with E-state index in [0.29, 0.717) is 11.3 Å². The van der Waals surface area contributed by atoms with Crippen molar-refractivity contribution in [2.45, 2.75) is 72.1 Å². The van der Waals surface area contributed by atoms with Crippen LogP contribution in [0.3, 0.4) is 0 Å². The van der Waals surface area contributed by atoms with Gasteiger partial charge in [0.25, 0.3) is 0 Å². The fraction of sp³-hybridized carbons (Fsp3) is 0.696. The monoisotopic (exact) mass is 510 g/mol. The summed E-state index contributed by atoms with van der Waals surface area (Å²) in [5.41, 5.74) is 3.52. The van der Waals surface area contributed by atoms with Crippen molar-refractivity contribution >= 4 is 34.9 Å². The van der Waals surface area contributed by atoms with Crippen molar-refractivity contribution < 1.29 is 32.9 Å². The number of anilines is 2. The third kappa shape index (κ3) is 5.84. The number of carbonyl (C=O) groups is 2. The van der Waals surface area contributed by atoms with Crippen LogP contribution in [0.1, 0.15) is 54.2 Å². The highest BCUT2D eigenvalue weighted by Crippen LogP contribution is 2.44. The van der Waals surface area contributed by atoms with Crippen LogP contribution in [0.25, 0.3) is 11.2 Å². The van der Waals surface area contributed by atoms with E-state index in [-0.39, 0.29) is 30.5 Å². The molecular weight excluding hydrogens is 475 g/mol. The molecule has 0 aromatic carbocycles. The molecule has 0 amide bonds. The largest absolute Gasteiger partial charge is 0.463 e. The minimum Gasteiger partial charge on any atom is -0.463 e. The lowest BCUT2D eigenvalue weighted by Crippen LogP contribution is -2.44. The van der Waals surface area contributed by atoms with Gasteiger partial charge in [-0.2, -0.15) is 9.97 Å². The van der Waals surface area contributed by atoms with Gasteiger partial charge in [-0.3, -0.25) is 14.2 Å². The predicted molar refractivity (Wildman–Crippen MR) is 128 cm³/mol. The zero-order valence-electron chi connectivity index (χ0n) is 21.7. The molecule has 200 valence electrons. The maximum absolute atomic E-state index is 16.4. The molecular formula is C23H35FN6O6. The molecule has 0 bridgehead atoms. The first-order chi connectivity index (χ1) is 16.8. The number of ether oxygens (including phenoxy) is 4. The van der Waals surface area contributed by atoms with Gasteiger partial charge in [0.1, 0.15) is 18.8 Å². The molecule has 36 heavy (non-hydrogen) atoms. The third-order valence-corrected chi connectivity index (χ3v) is 5.64. The number of alkyl halides is 1. The van der Waals surface area contributed by atoms with Crippen molar-refractivity contribution in [3.05, 3.63) is 6.33 Å². The molecule has 0 aliphatic carbocycles. The van der Waals surface area contributed by atoms with Crippen LogP contribution in [0.15, 0.2) is 6.33 Å². The van der Waals surface area contributed by atoms with Crippen LogP contribution in [0, 0.1) is 11.3 Å². The molecule has 0 unspecified atom stereocenters. The van der Waals surface area contributed by atoms with Gasteiger partial charge in [0.2, 0.25) is 5.95 Å². The average molecular weight is 511 g/mol. The maximum Gasteiger partial charge on any atom is 0.313 e. The Balaban J connectivity index is 1.88. The third-order valence-electron chi connectivity index (χ3n) is 5.64. The fourth-order valence-corrected chi connectivity index (χ4v) is 3.83. The lowest BCUT2D eigenvalue weighted by molar-refractivity contribution is -0.180. The van der Waals surface area contributed by atoms with E-state index in [1.165, 1.54) is 17.8 Å². The normalized spacial score (nSPS) is 24.3. The van der Waals surface area contributed by atoms with Crippen LogP contribution in [-0.2, 0) is 28.5 Å². The molecule has 0 spiro atoms. The number of nitrogens with zero attached hydrogens (tertiary/aromatic N) is 4. The number of nitrogens with two attached hydrogens (primary N) is 1. The van der Waals surface area contributed by atoms with Gasteiger partial charge >= 0.3 is 11.9 Å². The molecule has 3 rings (SSSR count). The Bertz CT molecular complexity index is 1100. The average Bonchev–Trinajstić information content (AvgIpc) is 3.28. The summed E-state index contributed by atoms with van der Waals surface area (Å²) in [6, 6.07) is 0. The number of nitrogen functional groups attached to an aromatic ring is 1. The zero-order chi connectivity index (χ0) is 26.8. The van der Waals surface area contributed by atoms with Gasteiger partial charge < -0.3 is 30.0 Å².